The smallest absolute Gasteiger partial charge is 0.326 e. The summed E-state index contributed by atoms with van der Waals surface area (Å²) in [4.78, 5) is 11.4. The fraction of sp³-hybridized carbons (Fsp3) is 0.875. The lowest BCUT2D eigenvalue weighted by Gasteiger charge is -2.25. The molecule has 0 fully saturated rings. The van der Waals surface area contributed by atoms with Crippen molar-refractivity contribution in [2.24, 2.45) is 0 Å². The van der Waals surface area contributed by atoms with Crippen LogP contribution in [0.2, 0.25) is 0 Å². The molecular formula is C8H17NO2S. The first-order valence-electron chi connectivity index (χ1n) is 3.95. The number of rotatable bonds is 5. The number of thioether (sulfide) groups is 1. The Hall–Kier alpha value is -0.220. The average Bonchev–Trinajstić information content (AvgIpc) is 2.05. The Balaban J connectivity index is 4.18. The van der Waals surface area contributed by atoms with E-state index in [0.717, 1.165) is 5.75 Å². The number of ether oxygens (including phenoxy) is 1. The third-order valence-electron chi connectivity index (χ3n) is 1.71. The summed E-state index contributed by atoms with van der Waals surface area (Å²) in [6.07, 6.45) is 1.97. The molecule has 1 N–H and O–H groups in total. The number of esters is 1. The fourth-order valence-electron chi connectivity index (χ4n) is 0.812. The molecule has 0 radical (unpaired) electrons. The SMILES string of the molecule is CCOC(=O)C(C)(CSC)NC. The fourth-order valence-corrected chi connectivity index (χ4v) is 1.65. The van der Waals surface area contributed by atoms with Gasteiger partial charge in [-0.25, -0.2) is 0 Å². The van der Waals surface area contributed by atoms with Crippen LogP contribution in [0.1, 0.15) is 13.8 Å². The summed E-state index contributed by atoms with van der Waals surface area (Å²) in [6.45, 7) is 4.10. The molecule has 0 saturated carbocycles. The molecule has 0 heterocycles. The van der Waals surface area contributed by atoms with Gasteiger partial charge in [-0.3, -0.25) is 4.79 Å². The lowest BCUT2D eigenvalue weighted by Crippen LogP contribution is -2.50. The molecule has 3 nitrogen and oxygen atoms in total. The summed E-state index contributed by atoms with van der Waals surface area (Å²) >= 11 is 1.62. The summed E-state index contributed by atoms with van der Waals surface area (Å²) in [7, 11) is 1.77. The zero-order chi connectivity index (χ0) is 9.61. The van der Waals surface area contributed by atoms with Crippen LogP contribution in [0.25, 0.3) is 0 Å². The van der Waals surface area contributed by atoms with E-state index in [-0.39, 0.29) is 5.97 Å². The highest BCUT2D eigenvalue weighted by Gasteiger charge is 2.32. The molecule has 0 aromatic heterocycles. The molecule has 0 amide bonds. The first kappa shape index (κ1) is 11.8. The second-order valence-corrected chi connectivity index (χ2v) is 3.60. The van der Waals surface area contributed by atoms with Gasteiger partial charge in [0.2, 0.25) is 0 Å². The van der Waals surface area contributed by atoms with E-state index in [2.05, 4.69) is 5.32 Å². The van der Waals surface area contributed by atoms with Gasteiger partial charge in [0.15, 0.2) is 0 Å². The Morgan fingerprint density at radius 1 is 1.67 bits per heavy atom. The van der Waals surface area contributed by atoms with Crippen molar-refractivity contribution in [1.82, 2.24) is 5.32 Å². The van der Waals surface area contributed by atoms with Gasteiger partial charge in [0.25, 0.3) is 0 Å². The predicted molar refractivity (Wildman–Crippen MR) is 52.5 cm³/mol. The maximum absolute atomic E-state index is 11.4. The van der Waals surface area contributed by atoms with Crippen LogP contribution in [0.3, 0.4) is 0 Å². The van der Waals surface area contributed by atoms with E-state index in [1.165, 1.54) is 0 Å². The molecule has 0 saturated heterocycles. The van der Waals surface area contributed by atoms with Crippen LogP contribution >= 0.6 is 11.8 Å². The minimum absolute atomic E-state index is 0.179. The highest BCUT2D eigenvalue weighted by atomic mass is 32.2. The molecule has 0 rings (SSSR count). The van der Waals surface area contributed by atoms with Crippen molar-refractivity contribution < 1.29 is 9.53 Å². The number of hydrogen-bond acceptors (Lipinski definition) is 4. The minimum atomic E-state index is -0.546. The van der Waals surface area contributed by atoms with Gasteiger partial charge in [0.05, 0.1) is 6.61 Å². The lowest BCUT2D eigenvalue weighted by atomic mass is 10.1. The number of carbonyl (C=O) groups excluding carboxylic acids is 1. The molecule has 0 aliphatic heterocycles. The molecule has 4 heteroatoms. The van der Waals surface area contributed by atoms with Gasteiger partial charge in [0, 0.05) is 5.75 Å². The van der Waals surface area contributed by atoms with Crippen molar-refractivity contribution in [3.05, 3.63) is 0 Å². The molecule has 1 unspecified atom stereocenters. The first-order chi connectivity index (χ1) is 5.60. The van der Waals surface area contributed by atoms with Crippen molar-refractivity contribution in [1.29, 1.82) is 0 Å². The number of likely N-dealkylation sites (N-methyl/N-ethyl adjacent to an activating group) is 1. The molecule has 0 spiro atoms. The zero-order valence-corrected chi connectivity index (χ0v) is 8.96. The number of nitrogens with one attached hydrogen (secondary N) is 1. The van der Waals surface area contributed by atoms with Gasteiger partial charge in [-0.1, -0.05) is 0 Å². The van der Waals surface area contributed by atoms with E-state index in [9.17, 15) is 4.79 Å². The van der Waals surface area contributed by atoms with Crippen molar-refractivity contribution in [2.45, 2.75) is 19.4 Å². The maximum atomic E-state index is 11.4. The van der Waals surface area contributed by atoms with E-state index in [4.69, 9.17) is 4.74 Å². The summed E-state index contributed by atoms with van der Waals surface area (Å²) < 4.78 is 4.94. The van der Waals surface area contributed by atoms with Crippen LogP contribution in [0.5, 0.6) is 0 Å². The predicted octanol–water partition coefficient (Wildman–Crippen LogP) is 0.891. The third-order valence-corrected chi connectivity index (χ3v) is 2.58. The molecule has 1 atom stereocenters. The van der Waals surface area contributed by atoms with Gasteiger partial charge in [-0.2, -0.15) is 11.8 Å². The highest BCUT2D eigenvalue weighted by Crippen LogP contribution is 2.12. The van der Waals surface area contributed by atoms with Crippen molar-refractivity contribution in [3.8, 4) is 0 Å². The van der Waals surface area contributed by atoms with Crippen LogP contribution in [-0.4, -0.2) is 37.2 Å². The van der Waals surface area contributed by atoms with Gasteiger partial charge >= 0.3 is 5.97 Å². The van der Waals surface area contributed by atoms with Crippen LogP contribution < -0.4 is 5.32 Å². The summed E-state index contributed by atoms with van der Waals surface area (Å²) in [6, 6.07) is 0. The summed E-state index contributed by atoms with van der Waals surface area (Å²) in [5, 5.41) is 2.97. The van der Waals surface area contributed by atoms with Gasteiger partial charge in [-0.05, 0) is 27.2 Å². The van der Waals surface area contributed by atoms with E-state index in [1.807, 2.05) is 20.1 Å². The minimum Gasteiger partial charge on any atom is -0.465 e. The monoisotopic (exact) mass is 191 g/mol. The van der Waals surface area contributed by atoms with Gasteiger partial charge in [-0.15, -0.1) is 0 Å². The van der Waals surface area contributed by atoms with Crippen LogP contribution in [0.15, 0.2) is 0 Å². The standard InChI is InChI=1S/C8H17NO2S/c1-5-11-7(10)8(2,9-3)6-12-4/h9H,5-6H2,1-4H3. The van der Waals surface area contributed by atoms with Gasteiger partial charge < -0.3 is 10.1 Å². The molecule has 72 valence electrons. The van der Waals surface area contributed by atoms with Crippen molar-refractivity contribution >= 4 is 17.7 Å². The Bertz CT molecular complexity index is 152. The first-order valence-corrected chi connectivity index (χ1v) is 5.35. The summed E-state index contributed by atoms with van der Waals surface area (Å²) in [5.41, 5.74) is -0.546. The number of hydrogen-bond donors (Lipinski definition) is 1. The Morgan fingerprint density at radius 3 is 2.58 bits per heavy atom. The van der Waals surface area contributed by atoms with Crippen LogP contribution in [-0.2, 0) is 9.53 Å². The molecule has 0 bridgehead atoms. The van der Waals surface area contributed by atoms with Crippen molar-refractivity contribution in [3.63, 3.8) is 0 Å². The molecule has 0 aliphatic rings. The second-order valence-electron chi connectivity index (χ2n) is 2.74. The molecular weight excluding hydrogens is 174 g/mol. The molecule has 12 heavy (non-hydrogen) atoms. The quantitative estimate of drug-likeness (QED) is 0.655. The topological polar surface area (TPSA) is 38.3 Å². The molecule has 0 aliphatic carbocycles. The molecule has 0 aromatic rings. The summed E-state index contributed by atoms with van der Waals surface area (Å²) in [5.74, 6) is 0.546. The highest BCUT2D eigenvalue weighted by molar-refractivity contribution is 7.98. The van der Waals surface area contributed by atoms with Crippen LogP contribution in [0, 0.1) is 0 Å². The van der Waals surface area contributed by atoms with E-state index in [0.29, 0.717) is 6.61 Å². The number of carbonyl (C=O) groups is 1. The third kappa shape index (κ3) is 3.03. The zero-order valence-electron chi connectivity index (χ0n) is 8.14. The maximum Gasteiger partial charge on any atom is 0.326 e. The normalized spacial score (nSPS) is 15.3. The van der Waals surface area contributed by atoms with Gasteiger partial charge in [0.1, 0.15) is 5.54 Å². The Morgan fingerprint density at radius 2 is 2.25 bits per heavy atom. The largest absolute Gasteiger partial charge is 0.465 e. The molecule has 0 aromatic carbocycles. The lowest BCUT2D eigenvalue weighted by molar-refractivity contribution is -0.149. The van der Waals surface area contributed by atoms with Crippen LogP contribution in [0.4, 0.5) is 0 Å². The van der Waals surface area contributed by atoms with Crippen molar-refractivity contribution in [2.75, 3.05) is 25.7 Å². The van der Waals surface area contributed by atoms with E-state index < -0.39 is 5.54 Å². The second kappa shape index (κ2) is 5.43. The van der Waals surface area contributed by atoms with E-state index >= 15 is 0 Å². The Kier molecular flexibility index (Phi) is 5.33. The average molecular weight is 191 g/mol. The Labute approximate surface area is 78.2 Å². The van der Waals surface area contributed by atoms with E-state index in [1.54, 1.807) is 18.8 Å².